The molecule has 0 fully saturated rings. The van der Waals surface area contributed by atoms with Crippen molar-refractivity contribution in [2.45, 2.75) is 6.10 Å². The van der Waals surface area contributed by atoms with E-state index in [2.05, 4.69) is 5.32 Å². The van der Waals surface area contributed by atoms with E-state index >= 15 is 0 Å². The summed E-state index contributed by atoms with van der Waals surface area (Å²) in [7, 11) is 4.98. The van der Waals surface area contributed by atoms with Gasteiger partial charge in [-0.3, -0.25) is 4.79 Å². The number of hydrogen-bond donors (Lipinski definition) is 2. The Balaban J connectivity index is 1.75. The molecule has 0 spiro atoms. The summed E-state index contributed by atoms with van der Waals surface area (Å²) in [4.78, 5) is 12.5. The molecule has 0 aliphatic rings. The zero-order valence-corrected chi connectivity index (χ0v) is 15.0. The minimum Gasteiger partial charge on any atom is -0.497 e. The van der Waals surface area contributed by atoms with Gasteiger partial charge in [-0.2, -0.15) is 0 Å². The lowest BCUT2D eigenvalue weighted by molar-refractivity contribution is 0.0914. The SMILES string of the molecule is COc1ccc(C(=O)NCC(O)c2cn(C)c3ccccc23)c(OC)c1. The molecule has 2 N–H and O–H groups in total. The molecule has 6 nitrogen and oxygen atoms in total. The molecule has 6 heteroatoms. The molecule has 0 aliphatic carbocycles. The summed E-state index contributed by atoms with van der Waals surface area (Å²) in [5.74, 6) is 0.708. The van der Waals surface area contributed by atoms with E-state index in [0.717, 1.165) is 16.5 Å². The van der Waals surface area contributed by atoms with Gasteiger partial charge in [0, 0.05) is 42.3 Å². The second-order valence-corrected chi connectivity index (χ2v) is 6.00. The molecule has 0 saturated carbocycles. The molecule has 1 unspecified atom stereocenters. The van der Waals surface area contributed by atoms with Gasteiger partial charge in [0.1, 0.15) is 11.5 Å². The van der Waals surface area contributed by atoms with Gasteiger partial charge in [0.05, 0.1) is 25.9 Å². The van der Waals surface area contributed by atoms with Crippen molar-refractivity contribution in [2.24, 2.45) is 7.05 Å². The second kappa shape index (κ2) is 7.49. The molecule has 1 heterocycles. The average Bonchev–Trinajstić information content (AvgIpc) is 3.02. The first-order valence-corrected chi connectivity index (χ1v) is 8.27. The number of nitrogens with zero attached hydrogens (tertiary/aromatic N) is 1. The third-order valence-electron chi connectivity index (χ3n) is 4.40. The van der Waals surface area contributed by atoms with E-state index in [0.29, 0.717) is 17.1 Å². The van der Waals surface area contributed by atoms with Crippen LogP contribution < -0.4 is 14.8 Å². The number of para-hydroxylation sites is 1. The van der Waals surface area contributed by atoms with Gasteiger partial charge >= 0.3 is 0 Å². The van der Waals surface area contributed by atoms with Crippen LogP contribution in [0.4, 0.5) is 0 Å². The summed E-state index contributed by atoms with van der Waals surface area (Å²) in [6, 6.07) is 12.8. The van der Waals surface area contributed by atoms with Gasteiger partial charge in [-0.15, -0.1) is 0 Å². The van der Waals surface area contributed by atoms with E-state index in [4.69, 9.17) is 9.47 Å². The lowest BCUT2D eigenvalue weighted by atomic mass is 10.1. The molecular weight excluding hydrogens is 332 g/mol. The van der Waals surface area contributed by atoms with Crippen molar-refractivity contribution >= 4 is 16.8 Å². The third-order valence-corrected chi connectivity index (χ3v) is 4.40. The summed E-state index contributed by atoms with van der Waals surface area (Å²) in [6.07, 6.45) is 1.07. The summed E-state index contributed by atoms with van der Waals surface area (Å²) < 4.78 is 12.4. The van der Waals surface area contributed by atoms with Crippen LogP contribution in [0.25, 0.3) is 10.9 Å². The number of amides is 1. The van der Waals surface area contributed by atoms with Crippen molar-refractivity contribution in [3.63, 3.8) is 0 Å². The van der Waals surface area contributed by atoms with Gasteiger partial charge in [-0.25, -0.2) is 0 Å². The summed E-state index contributed by atoms with van der Waals surface area (Å²) in [6.45, 7) is 0.0992. The van der Waals surface area contributed by atoms with E-state index < -0.39 is 6.10 Å². The molecule has 1 aromatic heterocycles. The number of benzene rings is 2. The van der Waals surface area contributed by atoms with Crippen LogP contribution in [-0.4, -0.2) is 36.3 Å². The Morgan fingerprint density at radius 2 is 1.96 bits per heavy atom. The first-order valence-electron chi connectivity index (χ1n) is 8.27. The third kappa shape index (κ3) is 3.36. The van der Waals surface area contributed by atoms with E-state index in [9.17, 15) is 9.90 Å². The Morgan fingerprint density at radius 1 is 1.19 bits per heavy atom. The first kappa shape index (κ1) is 17.8. The predicted molar refractivity (Wildman–Crippen MR) is 99.8 cm³/mol. The van der Waals surface area contributed by atoms with Crippen molar-refractivity contribution in [2.75, 3.05) is 20.8 Å². The number of nitrogens with one attached hydrogen (secondary N) is 1. The highest BCUT2D eigenvalue weighted by atomic mass is 16.5. The molecule has 136 valence electrons. The highest BCUT2D eigenvalue weighted by molar-refractivity contribution is 5.97. The number of aryl methyl sites for hydroxylation is 1. The van der Waals surface area contributed by atoms with E-state index in [1.54, 1.807) is 25.3 Å². The minimum absolute atomic E-state index is 0.0992. The number of carbonyl (C=O) groups excluding carboxylic acids is 1. The zero-order chi connectivity index (χ0) is 18.7. The average molecular weight is 354 g/mol. The molecule has 1 atom stereocenters. The topological polar surface area (TPSA) is 72.7 Å². The van der Waals surface area contributed by atoms with Gasteiger partial charge in [0.2, 0.25) is 0 Å². The Labute approximate surface area is 152 Å². The molecule has 1 amide bonds. The van der Waals surface area contributed by atoms with Crippen LogP contribution in [0.1, 0.15) is 22.0 Å². The fourth-order valence-corrected chi connectivity index (χ4v) is 3.02. The molecule has 3 rings (SSSR count). The normalized spacial score (nSPS) is 12.0. The summed E-state index contributed by atoms with van der Waals surface area (Å²) >= 11 is 0. The van der Waals surface area contributed by atoms with Crippen molar-refractivity contribution in [1.29, 1.82) is 0 Å². The fourth-order valence-electron chi connectivity index (χ4n) is 3.02. The van der Waals surface area contributed by atoms with E-state index in [1.807, 2.05) is 42.1 Å². The van der Waals surface area contributed by atoms with Crippen LogP contribution in [-0.2, 0) is 7.05 Å². The zero-order valence-electron chi connectivity index (χ0n) is 15.0. The van der Waals surface area contributed by atoms with Gasteiger partial charge in [-0.1, -0.05) is 18.2 Å². The Hall–Kier alpha value is -2.99. The number of rotatable bonds is 6. The highest BCUT2D eigenvalue weighted by Gasteiger charge is 2.18. The second-order valence-electron chi connectivity index (χ2n) is 6.00. The van der Waals surface area contributed by atoms with E-state index in [-0.39, 0.29) is 12.5 Å². The summed E-state index contributed by atoms with van der Waals surface area (Å²) in [5.41, 5.74) is 2.20. The first-order chi connectivity index (χ1) is 12.5. The van der Waals surface area contributed by atoms with Crippen LogP contribution in [0.2, 0.25) is 0 Å². The monoisotopic (exact) mass is 354 g/mol. The van der Waals surface area contributed by atoms with Crippen molar-refractivity contribution in [3.05, 3.63) is 59.8 Å². The van der Waals surface area contributed by atoms with Gasteiger partial charge in [0.25, 0.3) is 5.91 Å². The Kier molecular flexibility index (Phi) is 5.14. The molecule has 26 heavy (non-hydrogen) atoms. The number of methoxy groups -OCH3 is 2. The number of aromatic nitrogens is 1. The van der Waals surface area contributed by atoms with Gasteiger partial charge in [-0.05, 0) is 18.2 Å². The summed E-state index contributed by atoms with van der Waals surface area (Å²) in [5, 5.41) is 14.3. The Bertz CT molecular complexity index is 933. The molecule has 0 bridgehead atoms. The van der Waals surface area contributed by atoms with Crippen LogP contribution >= 0.6 is 0 Å². The minimum atomic E-state index is -0.811. The van der Waals surface area contributed by atoms with Gasteiger partial charge in [0.15, 0.2) is 0 Å². The number of carbonyl (C=O) groups is 1. The molecular formula is C20H22N2O4. The number of aliphatic hydroxyl groups is 1. The molecule has 3 aromatic rings. The number of ether oxygens (including phenoxy) is 2. The number of aliphatic hydroxyl groups excluding tert-OH is 1. The van der Waals surface area contributed by atoms with Crippen molar-refractivity contribution in [1.82, 2.24) is 9.88 Å². The van der Waals surface area contributed by atoms with Crippen LogP contribution in [0.3, 0.4) is 0 Å². The van der Waals surface area contributed by atoms with Crippen LogP contribution in [0.5, 0.6) is 11.5 Å². The maximum atomic E-state index is 12.5. The molecule has 0 aliphatic heterocycles. The lowest BCUT2D eigenvalue weighted by Gasteiger charge is -2.13. The maximum absolute atomic E-state index is 12.5. The smallest absolute Gasteiger partial charge is 0.255 e. The van der Waals surface area contributed by atoms with E-state index in [1.165, 1.54) is 7.11 Å². The van der Waals surface area contributed by atoms with Crippen molar-refractivity contribution in [3.8, 4) is 11.5 Å². The predicted octanol–water partition coefficient (Wildman–Crippen LogP) is 2.66. The number of fused-ring (bicyclic) bond motifs is 1. The molecule has 0 radical (unpaired) electrons. The largest absolute Gasteiger partial charge is 0.497 e. The van der Waals surface area contributed by atoms with Crippen LogP contribution in [0.15, 0.2) is 48.7 Å². The fraction of sp³-hybridized carbons (Fsp3) is 0.250. The Morgan fingerprint density at radius 3 is 2.69 bits per heavy atom. The quantitative estimate of drug-likeness (QED) is 0.714. The van der Waals surface area contributed by atoms with Gasteiger partial charge < -0.3 is 24.5 Å². The van der Waals surface area contributed by atoms with Crippen LogP contribution in [0, 0.1) is 0 Å². The lowest BCUT2D eigenvalue weighted by Crippen LogP contribution is -2.28. The maximum Gasteiger partial charge on any atom is 0.255 e. The molecule has 0 saturated heterocycles. The van der Waals surface area contributed by atoms with Crippen molar-refractivity contribution < 1.29 is 19.4 Å². The molecule has 2 aromatic carbocycles. The standard InChI is InChI=1S/C20H22N2O4/c1-22-12-16(14-6-4-5-7-17(14)22)18(23)11-21-20(24)15-9-8-13(25-2)10-19(15)26-3/h4-10,12,18,23H,11H2,1-3H3,(H,21,24). The highest BCUT2D eigenvalue weighted by Crippen LogP contribution is 2.27. The number of hydrogen-bond acceptors (Lipinski definition) is 4.